The highest BCUT2D eigenvalue weighted by Gasteiger charge is 2.38. The molecule has 0 aliphatic carbocycles. The van der Waals surface area contributed by atoms with E-state index in [0.717, 1.165) is 38.9 Å². The number of hydrogen-bond donors (Lipinski definition) is 1. The number of morpholine rings is 1. The number of amides is 1. The number of carbonyl (C=O) groups is 1. The highest BCUT2D eigenvalue weighted by Crippen LogP contribution is 2.27. The van der Waals surface area contributed by atoms with Crippen molar-refractivity contribution in [1.29, 1.82) is 0 Å². The number of carbonyl (C=O) groups excluding carboxylic acids is 1. The predicted molar refractivity (Wildman–Crippen MR) is 75.2 cm³/mol. The summed E-state index contributed by atoms with van der Waals surface area (Å²) in [6.45, 7) is 2.34. The van der Waals surface area contributed by atoms with Crippen LogP contribution in [0.3, 0.4) is 0 Å². The Morgan fingerprint density at radius 1 is 1.15 bits per heavy atom. The summed E-state index contributed by atoms with van der Waals surface area (Å²) in [5.74, 6) is 0.250. The number of nitrogens with one attached hydrogen (secondary N) is 1. The molecule has 4 heteroatoms. The molecule has 3 aliphatic heterocycles. The molecule has 4 nitrogen and oxygen atoms in total. The lowest BCUT2D eigenvalue weighted by molar-refractivity contribution is -0.142. The third-order valence-electron chi connectivity index (χ3n) is 4.73. The largest absolute Gasteiger partial charge is 0.371 e. The van der Waals surface area contributed by atoms with Gasteiger partial charge in [-0.2, -0.15) is 0 Å². The first-order valence-electron chi connectivity index (χ1n) is 7.54. The molecule has 3 atom stereocenters. The molecule has 1 aromatic carbocycles. The zero-order chi connectivity index (χ0) is 13.5. The molecule has 20 heavy (non-hydrogen) atoms. The molecule has 3 heterocycles. The summed E-state index contributed by atoms with van der Waals surface area (Å²) in [6, 6.07) is 8.32. The fraction of sp³-hybridized carbons (Fsp3) is 0.562. The van der Waals surface area contributed by atoms with Gasteiger partial charge in [-0.25, -0.2) is 0 Å². The SMILES string of the molecule is O=C(C1Cc2ccccc2CN1)N1CC2CCC(C1)O2. The van der Waals surface area contributed by atoms with E-state index in [-0.39, 0.29) is 24.2 Å². The Morgan fingerprint density at radius 2 is 1.85 bits per heavy atom. The summed E-state index contributed by atoms with van der Waals surface area (Å²) in [5, 5.41) is 3.39. The fourth-order valence-corrected chi connectivity index (χ4v) is 3.64. The van der Waals surface area contributed by atoms with Gasteiger partial charge in [-0.3, -0.25) is 4.79 Å². The lowest BCUT2D eigenvalue weighted by Gasteiger charge is -2.36. The first-order chi connectivity index (χ1) is 9.79. The van der Waals surface area contributed by atoms with Crippen molar-refractivity contribution in [2.45, 2.75) is 44.1 Å². The number of ether oxygens (including phenoxy) is 1. The van der Waals surface area contributed by atoms with Crippen LogP contribution in [0.2, 0.25) is 0 Å². The minimum absolute atomic E-state index is 0.0672. The minimum Gasteiger partial charge on any atom is -0.371 e. The third kappa shape index (κ3) is 2.13. The van der Waals surface area contributed by atoms with Gasteiger partial charge in [-0.05, 0) is 30.4 Å². The predicted octanol–water partition coefficient (Wildman–Crippen LogP) is 1.09. The number of rotatable bonds is 1. The van der Waals surface area contributed by atoms with Crippen LogP contribution >= 0.6 is 0 Å². The van der Waals surface area contributed by atoms with Gasteiger partial charge in [0.05, 0.1) is 18.2 Å². The molecule has 3 unspecified atom stereocenters. The second kappa shape index (κ2) is 4.86. The molecular formula is C16H20N2O2. The van der Waals surface area contributed by atoms with Crippen molar-refractivity contribution < 1.29 is 9.53 Å². The van der Waals surface area contributed by atoms with Crippen LogP contribution in [0.15, 0.2) is 24.3 Å². The second-order valence-electron chi connectivity index (χ2n) is 6.11. The van der Waals surface area contributed by atoms with Gasteiger partial charge < -0.3 is 15.0 Å². The van der Waals surface area contributed by atoms with Crippen molar-refractivity contribution in [3.63, 3.8) is 0 Å². The van der Waals surface area contributed by atoms with Gasteiger partial charge in [-0.15, -0.1) is 0 Å². The minimum atomic E-state index is -0.0672. The van der Waals surface area contributed by atoms with Gasteiger partial charge in [0, 0.05) is 19.6 Å². The smallest absolute Gasteiger partial charge is 0.240 e. The summed E-state index contributed by atoms with van der Waals surface area (Å²) in [7, 11) is 0. The van der Waals surface area contributed by atoms with E-state index in [0.29, 0.717) is 0 Å². The number of nitrogens with zero attached hydrogens (tertiary/aromatic N) is 1. The number of benzene rings is 1. The molecule has 1 aromatic rings. The average molecular weight is 272 g/mol. The maximum atomic E-state index is 12.7. The summed E-state index contributed by atoms with van der Waals surface area (Å²) < 4.78 is 5.81. The van der Waals surface area contributed by atoms with Crippen molar-refractivity contribution in [2.24, 2.45) is 0 Å². The number of fused-ring (bicyclic) bond motifs is 3. The van der Waals surface area contributed by atoms with E-state index in [1.807, 2.05) is 4.90 Å². The van der Waals surface area contributed by atoms with E-state index in [2.05, 4.69) is 29.6 Å². The van der Waals surface area contributed by atoms with Crippen LogP contribution in [0, 0.1) is 0 Å². The quantitative estimate of drug-likeness (QED) is 0.832. The second-order valence-corrected chi connectivity index (χ2v) is 6.11. The Morgan fingerprint density at radius 3 is 2.60 bits per heavy atom. The van der Waals surface area contributed by atoms with E-state index in [4.69, 9.17) is 4.74 Å². The molecule has 106 valence electrons. The number of likely N-dealkylation sites (tertiary alicyclic amines) is 1. The van der Waals surface area contributed by atoms with Gasteiger partial charge in [0.25, 0.3) is 0 Å². The van der Waals surface area contributed by atoms with E-state index in [1.165, 1.54) is 11.1 Å². The van der Waals surface area contributed by atoms with Crippen LogP contribution in [0.25, 0.3) is 0 Å². The van der Waals surface area contributed by atoms with Crippen molar-refractivity contribution in [1.82, 2.24) is 10.2 Å². The van der Waals surface area contributed by atoms with E-state index >= 15 is 0 Å². The van der Waals surface area contributed by atoms with Crippen molar-refractivity contribution in [2.75, 3.05) is 13.1 Å². The Hall–Kier alpha value is -1.39. The molecule has 0 radical (unpaired) electrons. The van der Waals surface area contributed by atoms with Crippen LogP contribution < -0.4 is 5.32 Å². The standard InChI is InChI=1S/C16H20N2O2/c19-16(18-9-13-5-6-14(10-18)20-13)15-7-11-3-1-2-4-12(11)8-17-15/h1-4,13-15,17H,5-10H2. The lowest BCUT2D eigenvalue weighted by atomic mass is 9.95. The molecule has 0 spiro atoms. The lowest BCUT2D eigenvalue weighted by Crippen LogP contribution is -2.54. The van der Waals surface area contributed by atoms with Gasteiger partial charge >= 0.3 is 0 Å². The summed E-state index contributed by atoms with van der Waals surface area (Å²) in [4.78, 5) is 14.7. The highest BCUT2D eigenvalue weighted by molar-refractivity contribution is 5.82. The summed E-state index contributed by atoms with van der Waals surface area (Å²) >= 11 is 0. The van der Waals surface area contributed by atoms with Crippen molar-refractivity contribution in [3.8, 4) is 0 Å². The van der Waals surface area contributed by atoms with Gasteiger partial charge in [0.2, 0.25) is 5.91 Å². The molecule has 2 saturated heterocycles. The molecule has 1 amide bonds. The Labute approximate surface area is 119 Å². The van der Waals surface area contributed by atoms with Crippen LogP contribution in [0.1, 0.15) is 24.0 Å². The van der Waals surface area contributed by atoms with E-state index in [1.54, 1.807) is 0 Å². The highest BCUT2D eigenvalue weighted by atomic mass is 16.5. The first-order valence-corrected chi connectivity index (χ1v) is 7.54. The molecule has 2 bridgehead atoms. The van der Waals surface area contributed by atoms with Crippen LogP contribution in [-0.2, 0) is 22.5 Å². The Kier molecular flexibility index (Phi) is 3.00. The summed E-state index contributed by atoms with van der Waals surface area (Å²) in [5.41, 5.74) is 2.62. The zero-order valence-corrected chi connectivity index (χ0v) is 11.5. The molecular weight excluding hydrogens is 252 g/mol. The monoisotopic (exact) mass is 272 g/mol. The average Bonchev–Trinajstić information content (AvgIpc) is 2.84. The topological polar surface area (TPSA) is 41.6 Å². The molecule has 0 saturated carbocycles. The van der Waals surface area contributed by atoms with E-state index in [9.17, 15) is 4.79 Å². The normalized spacial score (nSPS) is 32.0. The first kappa shape index (κ1) is 12.4. The molecule has 0 aromatic heterocycles. The van der Waals surface area contributed by atoms with Crippen LogP contribution in [-0.4, -0.2) is 42.1 Å². The Balaban J connectivity index is 1.47. The van der Waals surface area contributed by atoms with Gasteiger partial charge in [0.15, 0.2) is 0 Å². The molecule has 4 rings (SSSR count). The summed E-state index contributed by atoms with van der Waals surface area (Å²) in [6.07, 6.45) is 3.56. The Bertz CT molecular complexity index is 519. The van der Waals surface area contributed by atoms with Crippen molar-refractivity contribution >= 4 is 5.91 Å². The van der Waals surface area contributed by atoms with Gasteiger partial charge in [-0.1, -0.05) is 24.3 Å². The van der Waals surface area contributed by atoms with Gasteiger partial charge in [0.1, 0.15) is 0 Å². The van der Waals surface area contributed by atoms with Crippen LogP contribution in [0.5, 0.6) is 0 Å². The molecule has 2 fully saturated rings. The van der Waals surface area contributed by atoms with Crippen LogP contribution in [0.4, 0.5) is 0 Å². The van der Waals surface area contributed by atoms with Crippen molar-refractivity contribution in [3.05, 3.63) is 35.4 Å². The fourth-order valence-electron chi connectivity index (χ4n) is 3.64. The van der Waals surface area contributed by atoms with E-state index < -0.39 is 0 Å². The number of hydrogen-bond acceptors (Lipinski definition) is 3. The third-order valence-corrected chi connectivity index (χ3v) is 4.73. The maximum absolute atomic E-state index is 12.7. The zero-order valence-electron chi connectivity index (χ0n) is 11.5. The maximum Gasteiger partial charge on any atom is 0.240 e. The molecule has 3 aliphatic rings. The molecule has 1 N–H and O–H groups in total.